The van der Waals surface area contributed by atoms with E-state index in [9.17, 15) is 14.4 Å². The number of nitrogens with zero attached hydrogens (tertiary/aromatic N) is 3. The number of nitrogens with one attached hydrogen (secondary N) is 1. The summed E-state index contributed by atoms with van der Waals surface area (Å²) >= 11 is 0. The first-order chi connectivity index (χ1) is 17.8. The fraction of sp³-hybridized carbons (Fsp3) is 0.310. The maximum Gasteiger partial charge on any atom is 0.339 e. The number of para-hydroxylation sites is 2. The molecule has 0 saturated heterocycles. The van der Waals surface area contributed by atoms with Gasteiger partial charge in [-0.2, -0.15) is 0 Å². The standard InChI is InChI=1S/C29H30N4O4/c1-17-14-15-24-22(16-17)25(21-12-8-9-13-23(21)30-24)29(36)37-19(3)27(34)31-26-18(2)32(4)33(28(26)35)20-10-6-5-7-11-20/h5-13,17,19H,14-16H2,1-4H3,(H,31,34)/t17-,19-/m0/s1. The summed E-state index contributed by atoms with van der Waals surface area (Å²) in [7, 11) is 1.75. The number of esters is 1. The van der Waals surface area contributed by atoms with E-state index in [4.69, 9.17) is 9.72 Å². The fourth-order valence-corrected chi connectivity index (χ4v) is 5.01. The number of hydrogen-bond donors (Lipinski definition) is 1. The Morgan fingerprint density at radius 2 is 1.81 bits per heavy atom. The van der Waals surface area contributed by atoms with Gasteiger partial charge in [-0.15, -0.1) is 0 Å². The van der Waals surface area contributed by atoms with Crippen LogP contribution in [0.15, 0.2) is 59.4 Å². The van der Waals surface area contributed by atoms with E-state index in [0.29, 0.717) is 22.9 Å². The zero-order valence-electron chi connectivity index (χ0n) is 21.4. The summed E-state index contributed by atoms with van der Waals surface area (Å²) in [6, 6.07) is 16.7. The minimum Gasteiger partial charge on any atom is -0.449 e. The predicted molar refractivity (Wildman–Crippen MR) is 142 cm³/mol. The molecule has 0 aliphatic heterocycles. The van der Waals surface area contributed by atoms with Crippen LogP contribution < -0.4 is 10.9 Å². The minimum absolute atomic E-state index is 0.153. The van der Waals surface area contributed by atoms with E-state index in [1.54, 1.807) is 18.7 Å². The predicted octanol–water partition coefficient (Wildman–Crippen LogP) is 4.34. The van der Waals surface area contributed by atoms with E-state index in [1.807, 2.05) is 54.6 Å². The first-order valence-electron chi connectivity index (χ1n) is 12.5. The van der Waals surface area contributed by atoms with Crippen molar-refractivity contribution in [1.29, 1.82) is 0 Å². The summed E-state index contributed by atoms with van der Waals surface area (Å²) < 4.78 is 8.85. The Bertz CT molecular complexity index is 1570. The SMILES string of the molecule is Cc1c(NC(=O)[C@H](C)OC(=O)c2c3c(nc4ccccc24)CC[C@H](C)C3)c(=O)n(-c2ccccc2)n1C. The lowest BCUT2D eigenvalue weighted by Gasteiger charge is -2.24. The highest BCUT2D eigenvalue weighted by molar-refractivity contribution is 6.06. The number of anilines is 1. The smallest absolute Gasteiger partial charge is 0.339 e. The fourth-order valence-electron chi connectivity index (χ4n) is 5.01. The van der Waals surface area contributed by atoms with E-state index in [-0.39, 0.29) is 11.2 Å². The summed E-state index contributed by atoms with van der Waals surface area (Å²) in [5.41, 5.74) is 4.10. The Morgan fingerprint density at radius 3 is 2.57 bits per heavy atom. The van der Waals surface area contributed by atoms with Crippen molar-refractivity contribution in [2.45, 2.75) is 46.1 Å². The highest BCUT2D eigenvalue weighted by Gasteiger charge is 2.29. The van der Waals surface area contributed by atoms with Gasteiger partial charge in [-0.25, -0.2) is 9.48 Å². The van der Waals surface area contributed by atoms with Crippen molar-refractivity contribution in [3.8, 4) is 5.69 Å². The molecule has 8 heteroatoms. The molecule has 5 rings (SSSR count). The van der Waals surface area contributed by atoms with Crippen LogP contribution in [-0.4, -0.2) is 32.3 Å². The Labute approximate surface area is 214 Å². The van der Waals surface area contributed by atoms with E-state index in [0.717, 1.165) is 41.4 Å². The number of fused-ring (bicyclic) bond motifs is 2. The van der Waals surface area contributed by atoms with E-state index >= 15 is 0 Å². The van der Waals surface area contributed by atoms with Crippen molar-refractivity contribution >= 4 is 28.5 Å². The van der Waals surface area contributed by atoms with Crippen molar-refractivity contribution in [3.63, 3.8) is 0 Å². The third kappa shape index (κ3) is 4.43. The van der Waals surface area contributed by atoms with Crippen LogP contribution >= 0.6 is 0 Å². The molecular formula is C29H30N4O4. The quantitative estimate of drug-likeness (QED) is 0.413. The molecule has 0 fully saturated rings. The topological polar surface area (TPSA) is 95.2 Å². The second-order valence-electron chi connectivity index (χ2n) is 9.75. The first-order valence-corrected chi connectivity index (χ1v) is 12.5. The molecule has 1 aliphatic rings. The molecule has 8 nitrogen and oxygen atoms in total. The lowest BCUT2D eigenvalue weighted by atomic mass is 9.84. The van der Waals surface area contributed by atoms with Crippen LogP contribution in [-0.2, 0) is 29.4 Å². The zero-order valence-corrected chi connectivity index (χ0v) is 21.4. The number of aryl methyl sites for hydroxylation is 1. The number of pyridine rings is 1. The summed E-state index contributed by atoms with van der Waals surface area (Å²) in [6.07, 6.45) is 1.45. The zero-order chi connectivity index (χ0) is 26.3. The number of amides is 1. The van der Waals surface area contributed by atoms with Gasteiger partial charge in [-0.05, 0) is 62.8 Å². The summed E-state index contributed by atoms with van der Waals surface area (Å²) in [6.45, 7) is 5.43. The Morgan fingerprint density at radius 1 is 1.11 bits per heavy atom. The van der Waals surface area contributed by atoms with Gasteiger partial charge in [0.2, 0.25) is 0 Å². The van der Waals surface area contributed by atoms with Crippen molar-refractivity contribution in [3.05, 3.63) is 87.5 Å². The van der Waals surface area contributed by atoms with Gasteiger partial charge in [0.15, 0.2) is 6.10 Å². The Balaban J connectivity index is 1.42. The van der Waals surface area contributed by atoms with Gasteiger partial charge in [-0.3, -0.25) is 19.3 Å². The maximum absolute atomic E-state index is 13.5. The number of ether oxygens (including phenoxy) is 1. The third-order valence-corrected chi connectivity index (χ3v) is 7.17. The van der Waals surface area contributed by atoms with Crippen molar-refractivity contribution in [1.82, 2.24) is 14.3 Å². The van der Waals surface area contributed by atoms with Crippen LogP contribution in [0.4, 0.5) is 5.69 Å². The normalized spacial score (nSPS) is 15.7. The minimum atomic E-state index is -1.11. The number of hydrogen-bond acceptors (Lipinski definition) is 5. The molecule has 0 radical (unpaired) electrons. The summed E-state index contributed by atoms with van der Waals surface area (Å²) in [4.78, 5) is 44.5. The van der Waals surface area contributed by atoms with Gasteiger partial charge in [0.25, 0.3) is 11.5 Å². The van der Waals surface area contributed by atoms with E-state index in [2.05, 4.69) is 12.2 Å². The average molecular weight is 499 g/mol. The highest BCUT2D eigenvalue weighted by atomic mass is 16.5. The molecule has 0 saturated carbocycles. The molecule has 2 heterocycles. The number of rotatable bonds is 5. The van der Waals surface area contributed by atoms with Gasteiger partial charge in [0.05, 0.1) is 22.5 Å². The highest BCUT2D eigenvalue weighted by Crippen LogP contribution is 2.32. The molecule has 37 heavy (non-hydrogen) atoms. The molecule has 1 aliphatic carbocycles. The van der Waals surface area contributed by atoms with Gasteiger partial charge < -0.3 is 10.1 Å². The summed E-state index contributed by atoms with van der Waals surface area (Å²) in [5.74, 6) is -0.700. The van der Waals surface area contributed by atoms with Crippen LogP contribution in [0.5, 0.6) is 0 Å². The van der Waals surface area contributed by atoms with E-state index in [1.165, 1.54) is 11.6 Å². The lowest BCUT2D eigenvalue weighted by molar-refractivity contribution is -0.123. The van der Waals surface area contributed by atoms with Gasteiger partial charge in [0.1, 0.15) is 5.69 Å². The third-order valence-electron chi connectivity index (χ3n) is 7.17. The molecule has 0 bridgehead atoms. The number of aromatic nitrogens is 3. The average Bonchev–Trinajstić information content (AvgIpc) is 3.10. The van der Waals surface area contributed by atoms with Crippen molar-refractivity contribution in [2.75, 3.05) is 5.32 Å². The molecule has 4 aromatic rings. The molecule has 1 amide bonds. The Kier molecular flexibility index (Phi) is 6.41. The molecule has 2 atom stereocenters. The molecule has 0 spiro atoms. The second-order valence-corrected chi connectivity index (χ2v) is 9.75. The molecule has 2 aromatic heterocycles. The van der Waals surface area contributed by atoms with Crippen molar-refractivity contribution in [2.24, 2.45) is 13.0 Å². The van der Waals surface area contributed by atoms with Crippen molar-refractivity contribution < 1.29 is 14.3 Å². The van der Waals surface area contributed by atoms with Crippen LogP contribution in [0.2, 0.25) is 0 Å². The van der Waals surface area contributed by atoms with Gasteiger partial charge >= 0.3 is 5.97 Å². The first kappa shape index (κ1) is 24.5. The second kappa shape index (κ2) is 9.69. The van der Waals surface area contributed by atoms with Crippen LogP contribution in [0.3, 0.4) is 0 Å². The molecule has 2 aromatic carbocycles. The van der Waals surface area contributed by atoms with Gasteiger partial charge in [0, 0.05) is 18.1 Å². The lowest BCUT2D eigenvalue weighted by Crippen LogP contribution is -2.32. The maximum atomic E-state index is 13.5. The van der Waals surface area contributed by atoms with Crippen LogP contribution in [0.1, 0.15) is 47.6 Å². The summed E-state index contributed by atoms with van der Waals surface area (Å²) in [5, 5.41) is 3.41. The van der Waals surface area contributed by atoms with E-state index < -0.39 is 18.0 Å². The largest absolute Gasteiger partial charge is 0.449 e. The van der Waals surface area contributed by atoms with Crippen LogP contribution in [0.25, 0.3) is 16.6 Å². The number of carbonyl (C=O) groups excluding carboxylic acids is 2. The number of benzene rings is 2. The van der Waals surface area contributed by atoms with Gasteiger partial charge in [-0.1, -0.05) is 43.3 Å². The molecular weight excluding hydrogens is 468 g/mol. The molecule has 190 valence electrons. The number of carbonyl (C=O) groups is 2. The Hall–Kier alpha value is -4.20. The molecule has 0 unspecified atom stereocenters. The monoisotopic (exact) mass is 498 g/mol. The molecule has 1 N–H and O–H groups in total. The van der Waals surface area contributed by atoms with Crippen LogP contribution in [0, 0.1) is 12.8 Å².